The number of hydrogen-bond acceptors (Lipinski definition) is 2. The van der Waals surface area contributed by atoms with Crippen molar-refractivity contribution in [1.29, 1.82) is 0 Å². The van der Waals surface area contributed by atoms with Crippen molar-refractivity contribution in [1.82, 2.24) is 4.90 Å². The van der Waals surface area contributed by atoms with Crippen LogP contribution in [0.1, 0.15) is 18.9 Å². The first-order valence-electron chi connectivity index (χ1n) is 5.61. The molecule has 4 nitrogen and oxygen atoms in total. The van der Waals surface area contributed by atoms with Gasteiger partial charge < -0.3 is 10.0 Å². The van der Waals surface area contributed by atoms with Crippen LogP contribution in [0.2, 0.25) is 0 Å². The van der Waals surface area contributed by atoms with Crippen molar-refractivity contribution in [2.45, 2.75) is 19.9 Å². The third-order valence-corrected chi connectivity index (χ3v) is 3.14. The fourth-order valence-corrected chi connectivity index (χ4v) is 1.93. The topological polar surface area (TPSA) is 57.6 Å². The zero-order valence-corrected chi connectivity index (χ0v) is 12.0. The number of hydrogen-bond donors (Lipinski definition) is 1. The largest absolute Gasteiger partial charge is 0.481 e. The Labute approximate surface area is 115 Å². The summed E-state index contributed by atoms with van der Waals surface area (Å²) in [6.07, 6.45) is -0.135. The monoisotopic (exact) mass is 313 g/mol. The molecule has 0 bridgehead atoms. The summed E-state index contributed by atoms with van der Waals surface area (Å²) in [4.78, 5) is 24.0. The Hall–Kier alpha value is -1.36. The lowest BCUT2D eigenvalue weighted by molar-refractivity contribution is -0.143. The summed E-state index contributed by atoms with van der Waals surface area (Å²) >= 11 is 3.35. The second-order valence-electron chi connectivity index (χ2n) is 4.32. The molecule has 0 spiro atoms. The van der Waals surface area contributed by atoms with Crippen LogP contribution in [-0.4, -0.2) is 28.9 Å². The van der Waals surface area contributed by atoms with Crippen molar-refractivity contribution in [3.63, 3.8) is 0 Å². The zero-order valence-electron chi connectivity index (χ0n) is 10.4. The predicted molar refractivity (Wildman–Crippen MR) is 72.0 cm³/mol. The van der Waals surface area contributed by atoms with Gasteiger partial charge in [-0.1, -0.05) is 35.0 Å². The number of carboxylic acids is 1. The number of carbonyl (C=O) groups is 2. The summed E-state index contributed by atoms with van der Waals surface area (Å²) in [6.45, 7) is 2.12. The number of aliphatic carboxylic acids is 1. The van der Waals surface area contributed by atoms with E-state index < -0.39 is 11.9 Å². The van der Waals surface area contributed by atoms with E-state index in [0.29, 0.717) is 6.54 Å². The molecule has 1 amide bonds. The smallest absolute Gasteiger partial charge is 0.304 e. The van der Waals surface area contributed by atoms with E-state index >= 15 is 0 Å². The minimum atomic E-state index is -0.951. The molecule has 1 unspecified atom stereocenters. The van der Waals surface area contributed by atoms with Crippen LogP contribution in [0.4, 0.5) is 0 Å². The molecule has 0 aliphatic carbocycles. The maximum absolute atomic E-state index is 11.9. The van der Waals surface area contributed by atoms with Crippen LogP contribution in [0.5, 0.6) is 0 Å². The molecule has 0 saturated carbocycles. The van der Waals surface area contributed by atoms with E-state index in [0.717, 1.165) is 10.0 Å². The van der Waals surface area contributed by atoms with Gasteiger partial charge >= 0.3 is 5.97 Å². The van der Waals surface area contributed by atoms with Crippen molar-refractivity contribution in [3.8, 4) is 0 Å². The lowest BCUT2D eigenvalue weighted by Gasteiger charge is -2.20. The molecule has 1 atom stereocenters. The second kappa shape index (κ2) is 6.54. The maximum Gasteiger partial charge on any atom is 0.304 e. The van der Waals surface area contributed by atoms with E-state index in [2.05, 4.69) is 15.9 Å². The number of benzene rings is 1. The average Bonchev–Trinajstić information content (AvgIpc) is 2.30. The van der Waals surface area contributed by atoms with Crippen LogP contribution >= 0.6 is 15.9 Å². The Morgan fingerprint density at radius 3 is 2.39 bits per heavy atom. The Balaban J connectivity index is 2.59. The van der Waals surface area contributed by atoms with Gasteiger partial charge in [0, 0.05) is 24.0 Å². The zero-order chi connectivity index (χ0) is 13.7. The molecule has 1 aromatic rings. The van der Waals surface area contributed by atoms with Crippen molar-refractivity contribution < 1.29 is 14.7 Å². The van der Waals surface area contributed by atoms with Gasteiger partial charge in [0.2, 0.25) is 5.91 Å². The first-order valence-corrected chi connectivity index (χ1v) is 6.40. The van der Waals surface area contributed by atoms with Gasteiger partial charge in [0.05, 0.1) is 6.42 Å². The Morgan fingerprint density at radius 1 is 1.33 bits per heavy atom. The maximum atomic E-state index is 11.9. The first-order chi connectivity index (χ1) is 8.40. The van der Waals surface area contributed by atoms with E-state index in [9.17, 15) is 9.59 Å². The summed E-state index contributed by atoms with van der Waals surface area (Å²) < 4.78 is 0.986. The highest BCUT2D eigenvalue weighted by molar-refractivity contribution is 9.10. The number of rotatable bonds is 5. The molecule has 98 valence electrons. The molecule has 1 rings (SSSR count). The lowest BCUT2D eigenvalue weighted by atomic mass is 10.1. The van der Waals surface area contributed by atoms with Crippen molar-refractivity contribution in [2.75, 3.05) is 7.05 Å². The number of amides is 1. The van der Waals surface area contributed by atoms with Crippen LogP contribution in [0, 0.1) is 5.92 Å². The van der Waals surface area contributed by atoms with Gasteiger partial charge in [0.1, 0.15) is 0 Å². The number of carbonyl (C=O) groups excluding carboxylic acids is 1. The molecule has 0 saturated heterocycles. The molecule has 1 N–H and O–H groups in total. The Kier molecular flexibility index (Phi) is 5.34. The molecular weight excluding hydrogens is 298 g/mol. The van der Waals surface area contributed by atoms with E-state index in [1.807, 2.05) is 24.3 Å². The molecule has 0 aromatic heterocycles. The van der Waals surface area contributed by atoms with E-state index in [1.54, 1.807) is 18.9 Å². The number of halogens is 1. The molecule has 0 fully saturated rings. The van der Waals surface area contributed by atoms with Gasteiger partial charge in [-0.15, -0.1) is 0 Å². The molecule has 1 aromatic carbocycles. The third-order valence-electron chi connectivity index (χ3n) is 2.61. The standard InChI is InChI=1S/C13H16BrNO3/c1-9(7-12(16)17)13(18)15(2)8-10-3-5-11(14)6-4-10/h3-6,9H,7-8H2,1-2H3,(H,16,17). The molecular formula is C13H16BrNO3. The van der Waals surface area contributed by atoms with Crippen molar-refractivity contribution in [3.05, 3.63) is 34.3 Å². The molecule has 0 aliphatic heterocycles. The van der Waals surface area contributed by atoms with Crippen LogP contribution < -0.4 is 0 Å². The van der Waals surface area contributed by atoms with E-state index in [-0.39, 0.29) is 12.3 Å². The van der Waals surface area contributed by atoms with Gasteiger partial charge in [0.15, 0.2) is 0 Å². The first kappa shape index (κ1) is 14.7. The summed E-state index contributed by atoms with van der Waals surface area (Å²) in [5, 5.41) is 8.66. The summed E-state index contributed by atoms with van der Waals surface area (Å²) in [5.74, 6) is -1.60. The van der Waals surface area contributed by atoms with Crippen LogP contribution in [0.3, 0.4) is 0 Å². The molecule has 18 heavy (non-hydrogen) atoms. The van der Waals surface area contributed by atoms with Crippen molar-refractivity contribution >= 4 is 27.8 Å². The third kappa shape index (κ3) is 4.49. The summed E-state index contributed by atoms with van der Waals surface area (Å²) in [7, 11) is 1.68. The molecule has 0 aliphatic rings. The summed E-state index contributed by atoms with van der Waals surface area (Å²) in [6, 6.07) is 7.67. The fourth-order valence-electron chi connectivity index (χ4n) is 1.67. The Bertz CT molecular complexity index is 430. The highest BCUT2D eigenvalue weighted by atomic mass is 79.9. The molecule has 5 heteroatoms. The molecule has 0 radical (unpaired) electrons. The number of nitrogens with zero attached hydrogens (tertiary/aromatic N) is 1. The van der Waals surface area contributed by atoms with Gasteiger partial charge in [-0.3, -0.25) is 9.59 Å². The predicted octanol–water partition coefficient (Wildman–Crippen LogP) is 2.52. The van der Waals surface area contributed by atoms with Crippen LogP contribution in [0.25, 0.3) is 0 Å². The van der Waals surface area contributed by atoms with Gasteiger partial charge in [-0.25, -0.2) is 0 Å². The molecule has 0 heterocycles. The van der Waals surface area contributed by atoms with E-state index in [1.165, 1.54) is 0 Å². The van der Waals surface area contributed by atoms with E-state index in [4.69, 9.17) is 5.11 Å². The average molecular weight is 314 g/mol. The SMILES string of the molecule is CC(CC(=O)O)C(=O)N(C)Cc1ccc(Br)cc1. The Morgan fingerprint density at radius 2 is 1.89 bits per heavy atom. The van der Waals surface area contributed by atoms with Crippen LogP contribution in [-0.2, 0) is 16.1 Å². The lowest BCUT2D eigenvalue weighted by Crippen LogP contribution is -2.32. The van der Waals surface area contributed by atoms with Gasteiger partial charge in [0.25, 0.3) is 0 Å². The fraction of sp³-hybridized carbons (Fsp3) is 0.385. The summed E-state index contributed by atoms with van der Waals surface area (Å²) in [5.41, 5.74) is 1.01. The highest BCUT2D eigenvalue weighted by Gasteiger charge is 2.20. The minimum Gasteiger partial charge on any atom is -0.481 e. The normalized spacial score (nSPS) is 11.9. The van der Waals surface area contributed by atoms with Gasteiger partial charge in [-0.05, 0) is 17.7 Å². The van der Waals surface area contributed by atoms with Crippen molar-refractivity contribution in [2.24, 2.45) is 5.92 Å². The highest BCUT2D eigenvalue weighted by Crippen LogP contribution is 2.13. The van der Waals surface area contributed by atoms with Crippen LogP contribution in [0.15, 0.2) is 28.7 Å². The minimum absolute atomic E-state index is 0.135. The number of carboxylic acid groups (broad SMARTS) is 1. The quantitative estimate of drug-likeness (QED) is 0.908. The second-order valence-corrected chi connectivity index (χ2v) is 5.24. The van der Waals surface area contributed by atoms with Gasteiger partial charge in [-0.2, -0.15) is 0 Å².